The molecule has 0 bridgehead atoms. The fourth-order valence-corrected chi connectivity index (χ4v) is 0. The molecule has 0 aromatic carbocycles. The third-order valence-electron chi connectivity index (χ3n) is 0.366. The molecule has 0 aliphatic carbocycles. The molecule has 1 radical (unpaired) electrons. The minimum absolute atomic E-state index is 0. The van der Waals surface area contributed by atoms with Gasteiger partial charge in [-0.2, -0.15) is 0 Å². The molecule has 0 fully saturated rings. The van der Waals surface area contributed by atoms with Gasteiger partial charge in [0, 0.05) is 0 Å². The van der Waals surface area contributed by atoms with Crippen LogP contribution in [0.3, 0.4) is 0 Å². The smallest absolute Gasteiger partial charge is 0.871 e. The zero-order chi connectivity index (χ0) is 13.9. The molecule has 0 aromatic rings. The normalized spacial score (nSPS) is 6.76. The summed E-state index contributed by atoms with van der Waals surface area (Å²) >= 11 is 0. The molecule has 101 valence electrons. The van der Waals surface area contributed by atoms with Crippen LogP contribution in [0.5, 0.6) is 0 Å². The van der Waals surface area contributed by atoms with Crippen LogP contribution in [0.25, 0.3) is 0 Å². The van der Waals surface area contributed by atoms with E-state index in [2.05, 4.69) is 0 Å². The molecular formula is C4H5BCuO11. The van der Waals surface area contributed by atoms with Gasteiger partial charge in [-0.05, 0) is 0 Å². The second-order valence-corrected chi connectivity index (χ2v) is 1.53. The first-order valence-electron chi connectivity index (χ1n) is 2.94. The molecule has 0 atom stereocenters. The second-order valence-electron chi connectivity index (χ2n) is 1.53. The van der Waals surface area contributed by atoms with Crippen LogP contribution in [0.1, 0.15) is 0 Å². The van der Waals surface area contributed by atoms with Crippen molar-refractivity contribution in [1.29, 1.82) is 0 Å². The van der Waals surface area contributed by atoms with Crippen LogP contribution in [-0.2, 0) is 36.2 Å². The number of rotatable bonds is 0. The van der Waals surface area contributed by atoms with Crippen molar-refractivity contribution in [2.75, 3.05) is 0 Å². The number of carbonyl (C=O) groups is 4. The summed E-state index contributed by atoms with van der Waals surface area (Å²) in [5, 5.41) is 53.6. The molecule has 0 aromatic heterocycles. The summed E-state index contributed by atoms with van der Waals surface area (Å²) in [6.45, 7) is 0. The molecule has 0 heterocycles. The minimum atomic E-state index is -2.67. The fraction of sp³-hybridized carbons (Fsp3) is 0. The zero-order valence-corrected chi connectivity index (χ0v) is 8.51. The summed E-state index contributed by atoms with van der Waals surface area (Å²) in [7, 11) is -2.67. The SMILES string of the molecule is O=C(O)C(=O)O.O=C(O)C(=O)O.[Cu+2].[O-]B([O-])O. The van der Waals surface area contributed by atoms with Gasteiger partial charge in [0.25, 0.3) is 0 Å². The Balaban J connectivity index is -0.0000000741. The first kappa shape index (κ1) is 24.5. The molecule has 0 saturated carbocycles. The monoisotopic (exact) mass is 303 g/mol. The maximum Gasteiger partial charge on any atom is 2.00 e. The predicted molar refractivity (Wildman–Crippen MR) is 38.5 cm³/mol. The minimum Gasteiger partial charge on any atom is -0.871 e. The Morgan fingerprint density at radius 1 is 0.706 bits per heavy atom. The van der Waals surface area contributed by atoms with Gasteiger partial charge in [-0.3, -0.25) is 0 Å². The van der Waals surface area contributed by atoms with Gasteiger partial charge in [0.15, 0.2) is 0 Å². The molecule has 0 rings (SSSR count). The summed E-state index contributed by atoms with van der Waals surface area (Å²) in [5.74, 6) is -7.30. The molecule has 5 N–H and O–H groups in total. The van der Waals surface area contributed by atoms with Gasteiger partial charge in [0.2, 0.25) is 0 Å². The molecule has 0 unspecified atom stereocenters. The average Bonchev–Trinajstić information content (AvgIpc) is 2.03. The Kier molecular flexibility index (Phi) is 20.7. The summed E-state index contributed by atoms with van der Waals surface area (Å²) < 4.78 is 0. The van der Waals surface area contributed by atoms with Crippen molar-refractivity contribution in [2.24, 2.45) is 0 Å². The van der Waals surface area contributed by atoms with E-state index in [4.69, 9.17) is 54.7 Å². The van der Waals surface area contributed by atoms with Gasteiger partial charge < -0.3 is 35.5 Å². The van der Waals surface area contributed by atoms with Gasteiger partial charge in [-0.15, -0.1) is 0 Å². The molecule has 17 heavy (non-hydrogen) atoms. The third-order valence-corrected chi connectivity index (χ3v) is 0.366. The van der Waals surface area contributed by atoms with E-state index in [1.54, 1.807) is 0 Å². The molecule has 0 spiro atoms. The van der Waals surface area contributed by atoms with Crippen LogP contribution in [0.2, 0.25) is 0 Å². The van der Waals surface area contributed by atoms with E-state index in [0.717, 1.165) is 0 Å². The van der Waals surface area contributed by atoms with Crippen molar-refractivity contribution >= 4 is 31.2 Å². The standard InChI is InChI=1S/2C2H2O4.BHO3.Cu/c2*3-1(4)2(5)6;2-1(3)4;/h2*(H,3,4)(H,5,6);2H;/q;;-2;+2. The molecule has 0 aliphatic rings. The van der Waals surface area contributed by atoms with Gasteiger partial charge in [0.05, 0.1) is 7.32 Å². The van der Waals surface area contributed by atoms with E-state index in [9.17, 15) is 0 Å². The van der Waals surface area contributed by atoms with Gasteiger partial charge in [-0.25, -0.2) is 19.2 Å². The number of carboxylic acids is 4. The Morgan fingerprint density at radius 2 is 0.765 bits per heavy atom. The molecule has 13 heteroatoms. The molecule has 0 saturated heterocycles. The molecule has 11 nitrogen and oxygen atoms in total. The van der Waals surface area contributed by atoms with Gasteiger partial charge >= 0.3 is 40.9 Å². The molecule has 0 amide bonds. The van der Waals surface area contributed by atoms with Crippen LogP contribution < -0.4 is 10.0 Å². The van der Waals surface area contributed by atoms with Gasteiger partial charge in [0.1, 0.15) is 0 Å². The number of hydrogen-bond acceptors (Lipinski definition) is 7. The van der Waals surface area contributed by atoms with Crippen LogP contribution in [0, 0.1) is 0 Å². The number of aliphatic carboxylic acids is 4. The summed E-state index contributed by atoms with van der Waals surface area (Å²) in [4.78, 5) is 36.4. The maximum absolute atomic E-state index is 9.10. The van der Waals surface area contributed by atoms with Crippen molar-refractivity contribution in [3.8, 4) is 0 Å². The van der Waals surface area contributed by atoms with E-state index >= 15 is 0 Å². The summed E-state index contributed by atoms with van der Waals surface area (Å²) in [5.41, 5.74) is 0. The summed E-state index contributed by atoms with van der Waals surface area (Å²) in [6, 6.07) is 0. The summed E-state index contributed by atoms with van der Waals surface area (Å²) in [6.07, 6.45) is 0. The fourth-order valence-electron chi connectivity index (χ4n) is 0. The van der Waals surface area contributed by atoms with Crippen LogP contribution in [0.4, 0.5) is 0 Å². The number of hydrogen-bond donors (Lipinski definition) is 5. The van der Waals surface area contributed by atoms with Crippen LogP contribution in [-0.4, -0.2) is 56.6 Å². The van der Waals surface area contributed by atoms with E-state index in [1.807, 2.05) is 0 Å². The van der Waals surface area contributed by atoms with Crippen molar-refractivity contribution in [3.05, 3.63) is 0 Å². The quantitative estimate of drug-likeness (QED) is 0.211. The van der Waals surface area contributed by atoms with Crippen molar-refractivity contribution in [3.63, 3.8) is 0 Å². The van der Waals surface area contributed by atoms with E-state index < -0.39 is 31.2 Å². The van der Waals surface area contributed by atoms with E-state index in [-0.39, 0.29) is 17.1 Å². The Labute approximate surface area is 104 Å². The molecule has 0 aliphatic heterocycles. The first-order chi connectivity index (χ1) is 7.02. The van der Waals surface area contributed by atoms with E-state index in [1.165, 1.54) is 0 Å². The Morgan fingerprint density at radius 3 is 0.765 bits per heavy atom. The predicted octanol–water partition coefficient (Wildman–Crippen LogP) is -5.01. The van der Waals surface area contributed by atoms with Gasteiger partial charge in [-0.1, -0.05) is 0 Å². The van der Waals surface area contributed by atoms with Crippen molar-refractivity contribution in [2.45, 2.75) is 0 Å². The van der Waals surface area contributed by atoms with Crippen LogP contribution >= 0.6 is 0 Å². The largest absolute Gasteiger partial charge is 2.00 e. The number of carboxylic acid groups (broad SMARTS) is 4. The van der Waals surface area contributed by atoms with E-state index in [0.29, 0.717) is 0 Å². The Bertz CT molecular complexity index is 211. The first-order valence-corrected chi connectivity index (χ1v) is 2.94. The van der Waals surface area contributed by atoms with Crippen molar-refractivity contribution in [1.82, 2.24) is 0 Å². The second kappa shape index (κ2) is 14.3. The van der Waals surface area contributed by atoms with Crippen molar-refractivity contribution < 1.29 is 71.7 Å². The maximum atomic E-state index is 9.10. The van der Waals surface area contributed by atoms with Crippen LogP contribution in [0.15, 0.2) is 0 Å². The molecular weight excluding hydrogens is 298 g/mol. The topological polar surface area (TPSA) is 216 Å². The zero-order valence-electron chi connectivity index (χ0n) is 7.56. The average molecular weight is 303 g/mol. The Hall–Kier alpha value is -1.66. The third kappa shape index (κ3) is 54.3.